The van der Waals surface area contributed by atoms with Crippen LogP contribution in [0.25, 0.3) is 0 Å². The smallest absolute Gasteiger partial charge is 0.326 e. The Bertz CT molecular complexity index is 846. The zero-order chi connectivity index (χ0) is 18.4. The molecule has 0 saturated heterocycles. The number of carboxylic acids is 1. The standard InChI is InChI=1S/C18H14F2N2O3/c19-14-5-4-13(15(20)9-14)8-17(23)22-16(18(24)25)7-11-2-1-3-12(6-11)10-21/h1-6,9,16H,7-8H2,(H,22,23)(H,24,25)/t16-/m1/s1. The number of rotatable bonds is 6. The third-order valence-electron chi connectivity index (χ3n) is 3.50. The normalized spacial score (nSPS) is 11.4. The number of carbonyl (C=O) groups is 2. The Morgan fingerprint density at radius 3 is 2.60 bits per heavy atom. The number of aliphatic carboxylic acids is 1. The zero-order valence-corrected chi connectivity index (χ0v) is 13.0. The molecule has 0 aliphatic carbocycles. The number of halogens is 2. The number of nitriles is 1. The molecule has 0 aromatic heterocycles. The summed E-state index contributed by atoms with van der Waals surface area (Å²) in [6.45, 7) is 0. The molecule has 1 amide bonds. The minimum atomic E-state index is -1.25. The molecule has 0 heterocycles. The number of amides is 1. The van der Waals surface area contributed by atoms with E-state index in [1.165, 1.54) is 6.07 Å². The first kappa shape index (κ1) is 18.1. The third-order valence-corrected chi connectivity index (χ3v) is 3.50. The van der Waals surface area contributed by atoms with E-state index >= 15 is 0 Å². The predicted octanol–water partition coefficient (Wildman–Crippen LogP) is 2.19. The second-order valence-electron chi connectivity index (χ2n) is 5.39. The van der Waals surface area contributed by atoms with Gasteiger partial charge in [-0.3, -0.25) is 4.79 Å². The first-order valence-corrected chi connectivity index (χ1v) is 7.34. The summed E-state index contributed by atoms with van der Waals surface area (Å²) in [4.78, 5) is 23.3. The van der Waals surface area contributed by atoms with Gasteiger partial charge in [0.1, 0.15) is 17.7 Å². The molecule has 1 atom stereocenters. The summed E-state index contributed by atoms with van der Waals surface area (Å²) < 4.78 is 26.4. The minimum Gasteiger partial charge on any atom is -0.480 e. The van der Waals surface area contributed by atoms with Crippen molar-refractivity contribution in [3.05, 3.63) is 70.8 Å². The topological polar surface area (TPSA) is 90.2 Å². The Kier molecular flexibility index (Phi) is 5.79. The van der Waals surface area contributed by atoms with Crippen molar-refractivity contribution in [3.63, 3.8) is 0 Å². The number of carbonyl (C=O) groups excluding carboxylic acids is 1. The number of nitrogens with one attached hydrogen (secondary N) is 1. The van der Waals surface area contributed by atoms with Gasteiger partial charge in [0.05, 0.1) is 18.1 Å². The summed E-state index contributed by atoms with van der Waals surface area (Å²) in [6.07, 6.45) is -0.434. The molecule has 0 aliphatic rings. The van der Waals surface area contributed by atoms with Crippen LogP contribution in [0.1, 0.15) is 16.7 Å². The number of benzene rings is 2. The van der Waals surface area contributed by atoms with E-state index in [0.29, 0.717) is 17.2 Å². The molecule has 0 unspecified atom stereocenters. The Labute approximate surface area is 142 Å². The molecule has 2 rings (SSSR count). The van der Waals surface area contributed by atoms with E-state index in [-0.39, 0.29) is 12.0 Å². The fourth-order valence-electron chi connectivity index (χ4n) is 2.29. The molecule has 25 heavy (non-hydrogen) atoms. The summed E-state index contributed by atoms with van der Waals surface area (Å²) in [5.74, 6) is -3.59. The summed E-state index contributed by atoms with van der Waals surface area (Å²) in [7, 11) is 0. The highest BCUT2D eigenvalue weighted by molar-refractivity contribution is 5.85. The van der Waals surface area contributed by atoms with Gasteiger partial charge in [-0.2, -0.15) is 5.26 Å². The molecule has 0 aliphatic heterocycles. The highest BCUT2D eigenvalue weighted by atomic mass is 19.1. The number of carboxylic acid groups (broad SMARTS) is 1. The van der Waals surface area contributed by atoms with Crippen LogP contribution in [0.2, 0.25) is 0 Å². The summed E-state index contributed by atoms with van der Waals surface area (Å²) in [5, 5.41) is 20.4. The Morgan fingerprint density at radius 2 is 1.96 bits per heavy atom. The Balaban J connectivity index is 2.06. The van der Waals surface area contributed by atoms with Gasteiger partial charge in [-0.25, -0.2) is 13.6 Å². The largest absolute Gasteiger partial charge is 0.480 e. The van der Waals surface area contributed by atoms with Gasteiger partial charge >= 0.3 is 5.97 Å². The van der Waals surface area contributed by atoms with Crippen LogP contribution in [0.15, 0.2) is 42.5 Å². The second-order valence-corrected chi connectivity index (χ2v) is 5.39. The quantitative estimate of drug-likeness (QED) is 0.840. The molecule has 0 fully saturated rings. The van der Waals surface area contributed by atoms with Crippen molar-refractivity contribution in [2.45, 2.75) is 18.9 Å². The number of hydrogen-bond donors (Lipinski definition) is 2. The second kappa shape index (κ2) is 8.02. The SMILES string of the molecule is N#Cc1cccc(C[C@@H](NC(=O)Cc2ccc(F)cc2F)C(=O)O)c1. The van der Waals surface area contributed by atoms with E-state index in [4.69, 9.17) is 5.26 Å². The van der Waals surface area contributed by atoms with E-state index in [1.807, 2.05) is 6.07 Å². The van der Waals surface area contributed by atoms with Crippen LogP contribution >= 0.6 is 0 Å². The van der Waals surface area contributed by atoms with Crippen LogP contribution in [-0.2, 0) is 22.4 Å². The molecule has 2 aromatic rings. The van der Waals surface area contributed by atoms with Crippen LogP contribution in [-0.4, -0.2) is 23.0 Å². The van der Waals surface area contributed by atoms with Crippen LogP contribution in [0.5, 0.6) is 0 Å². The van der Waals surface area contributed by atoms with Crippen molar-refractivity contribution in [3.8, 4) is 6.07 Å². The Hall–Kier alpha value is -3.27. The number of nitrogens with zero attached hydrogens (tertiary/aromatic N) is 1. The number of hydrogen-bond acceptors (Lipinski definition) is 3. The molecular weight excluding hydrogens is 330 g/mol. The lowest BCUT2D eigenvalue weighted by Crippen LogP contribution is -2.43. The average Bonchev–Trinajstić information content (AvgIpc) is 2.57. The fourth-order valence-corrected chi connectivity index (χ4v) is 2.29. The molecule has 0 spiro atoms. The van der Waals surface area contributed by atoms with Gasteiger partial charge < -0.3 is 10.4 Å². The van der Waals surface area contributed by atoms with Crippen LogP contribution in [0.4, 0.5) is 8.78 Å². The van der Waals surface area contributed by atoms with Crippen LogP contribution in [0.3, 0.4) is 0 Å². The summed E-state index contributed by atoms with van der Waals surface area (Å²) >= 11 is 0. The molecule has 7 heteroatoms. The van der Waals surface area contributed by atoms with Crippen LogP contribution in [0, 0.1) is 23.0 Å². The van der Waals surface area contributed by atoms with E-state index in [2.05, 4.69) is 5.32 Å². The lowest BCUT2D eigenvalue weighted by molar-refractivity contribution is -0.141. The molecule has 2 N–H and O–H groups in total. The van der Waals surface area contributed by atoms with Gasteiger partial charge in [0.25, 0.3) is 0 Å². The Morgan fingerprint density at radius 1 is 1.20 bits per heavy atom. The highest BCUT2D eigenvalue weighted by Gasteiger charge is 2.21. The first-order chi connectivity index (χ1) is 11.9. The molecule has 0 radical (unpaired) electrons. The van der Waals surface area contributed by atoms with Gasteiger partial charge in [0.2, 0.25) is 5.91 Å². The average molecular weight is 344 g/mol. The maximum absolute atomic E-state index is 13.6. The minimum absolute atomic E-state index is 0.0253. The first-order valence-electron chi connectivity index (χ1n) is 7.34. The summed E-state index contributed by atoms with van der Waals surface area (Å²) in [5.41, 5.74) is 0.913. The van der Waals surface area contributed by atoms with Crippen molar-refractivity contribution >= 4 is 11.9 Å². The van der Waals surface area contributed by atoms with E-state index in [0.717, 1.165) is 12.1 Å². The van der Waals surface area contributed by atoms with Gasteiger partial charge in [0, 0.05) is 12.5 Å². The maximum atomic E-state index is 13.6. The maximum Gasteiger partial charge on any atom is 0.326 e. The third kappa shape index (κ3) is 5.11. The molecule has 0 bridgehead atoms. The predicted molar refractivity (Wildman–Crippen MR) is 84.5 cm³/mol. The van der Waals surface area contributed by atoms with Gasteiger partial charge in [-0.05, 0) is 29.3 Å². The molecule has 2 aromatic carbocycles. The van der Waals surface area contributed by atoms with E-state index < -0.39 is 36.0 Å². The van der Waals surface area contributed by atoms with Crippen molar-refractivity contribution in [2.75, 3.05) is 0 Å². The molecule has 0 saturated carbocycles. The lowest BCUT2D eigenvalue weighted by atomic mass is 10.0. The highest BCUT2D eigenvalue weighted by Crippen LogP contribution is 2.11. The van der Waals surface area contributed by atoms with E-state index in [9.17, 15) is 23.5 Å². The zero-order valence-electron chi connectivity index (χ0n) is 13.0. The van der Waals surface area contributed by atoms with Crippen molar-refractivity contribution < 1.29 is 23.5 Å². The monoisotopic (exact) mass is 344 g/mol. The van der Waals surface area contributed by atoms with Crippen molar-refractivity contribution in [1.29, 1.82) is 5.26 Å². The van der Waals surface area contributed by atoms with Crippen molar-refractivity contribution in [2.24, 2.45) is 0 Å². The van der Waals surface area contributed by atoms with Crippen molar-refractivity contribution in [1.82, 2.24) is 5.32 Å². The van der Waals surface area contributed by atoms with Gasteiger partial charge in [-0.15, -0.1) is 0 Å². The van der Waals surface area contributed by atoms with Gasteiger partial charge in [-0.1, -0.05) is 18.2 Å². The fraction of sp³-hybridized carbons (Fsp3) is 0.167. The molecule has 5 nitrogen and oxygen atoms in total. The molecular formula is C18H14F2N2O3. The summed E-state index contributed by atoms with van der Waals surface area (Å²) in [6, 6.07) is 9.89. The molecule has 128 valence electrons. The van der Waals surface area contributed by atoms with E-state index in [1.54, 1.807) is 18.2 Å². The lowest BCUT2D eigenvalue weighted by Gasteiger charge is -2.15. The van der Waals surface area contributed by atoms with Crippen LogP contribution < -0.4 is 5.32 Å². The van der Waals surface area contributed by atoms with Gasteiger partial charge in [0.15, 0.2) is 0 Å².